The minimum Gasteiger partial charge on any atom is -0.497 e. The van der Waals surface area contributed by atoms with E-state index in [-0.39, 0.29) is 23.0 Å². The number of anilines is 2. The standard InChI is InChI=1S/C38H34N2O5/c1-21-10-13-24(14-11-21)35(41)34-33(36(42)27-20-25(44-4)15-17-31(27)45-5)38(28-8-6-7-9-29(28)39-37(38)43)32-19-23(3)26-18-22(2)12-16-30(26)40(32)34/h6-20,32-34H,1-5H3,(H,39,43)/t32-,33-,34+,38+/m0/s1. The van der Waals surface area contributed by atoms with Gasteiger partial charge >= 0.3 is 0 Å². The first kappa shape index (κ1) is 28.6. The number of hydrogen-bond donors (Lipinski definition) is 1. The summed E-state index contributed by atoms with van der Waals surface area (Å²) >= 11 is 0. The van der Waals surface area contributed by atoms with Crippen LogP contribution < -0.4 is 19.7 Å². The molecule has 7 rings (SSSR count). The SMILES string of the molecule is COc1ccc(OC)c(C(=O)[C@@H]2[C@H](C(=O)c3ccc(C)cc3)N3c4ccc(C)cc4C(C)=C[C@H]3[C@@]23C(=O)Nc2ccccc23)c1. The Morgan fingerprint density at radius 1 is 0.822 bits per heavy atom. The molecule has 1 N–H and O–H groups in total. The molecule has 1 spiro atoms. The Hall–Kier alpha value is -5.17. The van der Waals surface area contributed by atoms with Gasteiger partial charge in [-0.15, -0.1) is 0 Å². The number of methoxy groups -OCH3 is 2. The predicted molar refractivity (Wildman–Crippen MR) is 175 cm³/mol. The molecule has 3 aliphatic heterocycles. The molecule has 1 amide bonds. The van der Waals surface area contributed by atoms with Crippen LogP contribution in [0, 0.1) is 19.8 Å². The van der Waals surface area contributed by atoms with E-state index in [1.165, 1.54) is 14.2 Å². The number of amides is 1. The van der Waals surface area contributed by atoms with Crippen LogP contribution in [0.1, 0.15) is 49.9 Å². The minimum atomic E-state index is -1.42. The van der Waals surface area contributed by atoms with Gasteiger partial charge in [-0.05, 0) is 68.3 Å². The van der Waals surface area contributed by atoms with E-state index in [4.69, 9.17) is 9.47 Å². The number of para-hydroxylation sites is 1. The maximum absolute atomic E-state index is 15.3. The average molecular weight is 599 g/mol. The Bertz CT molecular complexity index is 1930. The summed E-state index contributed by atoms with van der Waals surface area (Å²) in [6, 6.07) is 24.4. The highest BCUT2D eigenvalue weighted by Crippen LogP contribution is 2.59. The van der Waals surface area contributed by atoms with Crippen LogP contribution in [0.5, 0.6) is 11.5 Å². The van der Waals surface area contributed by atoms with E-state index in [1.54, 1.807) is 30.3 Å². The monoisotopic (exact) mass is 598 g/mol. The number of carbonyl (C=O) groups excluding carboxylic acids is 3. The van der Waals surface area contributed by atoms with Gasteiger partial charge in [0.25, 0.3) is 0 Å². The molecule has 4 aromatic rings. The summed E-state index contributed by atoms with van der Waals surface area (Å²) in [4.78, 5) is 46.9. The van der Waals surface area contributed by atoms with Gasteiger partial charge in [0.2, 0.25) is 5.91 Å². The molecule has 3 aliphatic rings. The van der Waals surface area contributed by atoms with Crippen molar-refractivity contribution in [2.24, 2.45) is 5.92 Å². The van der Waals surface area contributed by atoms with Crippen LogP contribution in [0.4, 0.5) is 11.4 Å². The Kier molecular flexibility index (Phi) is 6.66. The van der Waals surface area contributed by atoms with Crippen LogP contribution in [0.25, 0.3) is 5.57 Å². The lowest BCUT2D eigenvalue weighted by atomic mass is 9.63. The molecule has 7 heteroatoms. The van der Waals surface area contributed by atoms with Gasteiger partial charge in [-0.2, -0.15) is 0 Å². The number of benzene rings is 4. The molecule has 0 bridgehead atoms. The van der Waals surface area contributed by atoms with Gasteiger partial charge in [-0.3, -0.25) is 14.4 Å². The van der Waals surface area contributed by atoms with Gasteiger partial charge in [0, 0.05) is 22.5 Å². The van der Waals surface area contributed by atoms with Gasteiger partial charge < -0.3 is 19.7 Å². The zero-order chi connectivity index (χ0) is 31.6. The van der Waals surface area contributed by atoms with E-state index in [0.29, 0.717) is 28.3 Å². The number of fused-ring (bicyclic) bond motifs is 6. The highest BCUT2D eigenvalue weighted by Gasteiger charge is 2.70. The second-order valence-electron chi connectivity index (χ2n) is 12.2. The Morgan fingerprint density at radius 2 is 1.56 bits per heavy atom. The Morgan fingerprint density at radius 3 is 2.29 bits per heavy atom. The Labute approximate surface area is 262 Å². The molecule has 226 valence electrons. The maximum atomic E-state index is 15.3. The second kappa shape index (κ2) is 10.5. The number of aryl methyl sites for hydroxylation is 2. The normalized spacial score (nSPS) is 22.7. The average Bonchev–Trinajstić information content (AvgIpc) is 3.52. The molecule has 1 fully saturated rings. The van der Waals surface area contributed by atoms with Crippen LogP contribution in [-0.2, 0) is 10.2 Å². The summed E-state index contributed by atoms with van der Waals surface area (Å²) in [5, 5.41) is 3.09. The van der Waals surface area contributed by atoms with Crippen molar-refractivity contribution in [2.75, 3.05) is 24.4 Å². The van der Waals surface area contributed by atoms with Crippen molar-refractivity contribution >= 4 is 34.4 Å². The van der Waals surface area contributed by atoms with Gasteiger partial charge in [0.1, 0.15) is 23.0 Å². The van der Waals surface area contributed by atoms with Crippen molar-refractivity contribution in [1.29, 1.82) is 0 Å². The molecule has 45 heavy (non-hydrogen) atoms. The fourth-order valence-electron chi connectivity index (χ4n) is 7.61. The zero-order valence-electron chi connectivity index (χ0n) is 25.9. The van der Waals surface area contributed by atoms with Crippen LogP contribution in [0.15, 0.2) is 91.0 Å². The van der Waals surface area contributed by atoms with E-state index in [9.17, 15) is 9.59 Å². The zero-order valence-corrected chi connectivity index (χ0v) is 25.9. The number of ketones is 2. The highest BCUT2D eigenvalue weighted by atomic mass is 16.5. The topological polar surface area (TPSA) is 84.9 Å². The number of Topliss-reactive ketones (excluding diaryl/α,β-unsaturated/α-hetero) is 2. The van der Waals surface area contributed by atoms with Gasteiger partial charge in [0.15, 0.2) is 11.6 Å². The molecular weight excluding hydrogens is 564 g/mol. The number of ether oxygens (including phenoxy) is 2. The molecule has 0 radical (unpaired) electrons. The molecular formula is C38H34N2O5. The van der Waals surface area contributed by atoms with Crippen molar-refractivity contribution in [3.8, 4) is 11.5 Å². The van der Waals surface area contributed by atoms with Crippen LogP contribution in [0.2, 0.25) is 0 Å². The second-order valence-corrected chi connectivity index (χ2v) is 12.2. The van der Waals surface area contributed by atoms with E-state index >= 15 is 4.79 Å². The minimum absolute atomic E-state index is 0.228. The van der Waals surface area contributed by atoms with E-state index in [2.05, 4.69) is 17.5 Å². The first-order valence-electron chi connectivity index (χ1n) is 15.1. The molecule has 3 heterocycles. The summed E-state index contributed by atoms with van der Waals surface area (Å²) in [5.74, 6) is -1.20. The first-order chi connectivity index (χ1) is 21.7. The van der Waals surface area contributed by atoms with Gasteiger partial charge in [-0.1, -0.05) is 65.7 Å². The lowest BCUT2D eigenvalue weighted by Crippen LogP contribution is -2.51. The summed E-state index contributed by atoms with van der Waals surface area (Å²) in [6.45, 7) is 6.02. The smallest absolute Gasteiger partial charge is 0.238 e. The summed E-state index contributed by atoms with van der Waals surface area (Å²) in [7, 11) is 3.04. The van der Waals surface area contributed by atoms with Crippen molar-refractivity contribution in [2.45, 2.75) is 38.3 Å². The third kappa shape index (κ3) is 4.06. The lowest BCUT2D eigenvalue weighted by Gasteiger charge is -2.39. The van der Waals surface area contributed by atoms with Gasteiger partial charge in [0.05, 0.1) is 31.7 Å². The fraction of sp³-hybridized carbons (Fsp3) is 0.237. The van der Waals surface area contributed by atoms with E-state index in [0.717, 1.165) is 28.0 Å². The third-order valence-corrected chi connectivity index (χ3v) is 9.69. The molecule has 4 aromatic carbocycles. The van der Waals surface area contributed by atoms with Crippen molar-refractivity contribution in [1.82, 2.24) is 0 Å². The number of nitrogens with one attached hydrogen (secondary N) is 1. The number of carbonyl (C=O) groups is 3. The molecule has 1 saturated heterocycles. The predicted octanol–water partition coefficient (Wildman–Crippen LogP) is 6.57. The van der Waals surface area contributed by atoms with E-state index in [1.807, 2.05) is 74.2 Å². The van der Waals surface area contributed by atoms with Crippen molar-refractivity contribution in [3.63, 3.8) is 0 Å². The van der Waals surface area contributed by atoms with Crippen LogP contribution in [-0.4, -0.2) is 43.8 Å². The molecule has 4 atom stereocenters. The molecule has 0 aliphatic carbocycles. The first-order valence-corrected chi connectivity index (χ1v) is 15.1. The Balaban J connectivity index is 1.57. The summed E-state index contributed by atoms with van der Waals surface area (Å²) in [5.41, 5.74) is 5.52. The fourth-order valence-corrected chi connectivity index (χ4v) is 7.61. The van der Waals surface area contributed by atoms with E-state index < -0.39 is 23.4 Å². The highest BCUT2D eigenvalue weighted by molar-refractivity contribution is 6.19. The number of allylic oxidation sites excluding steroid dienone is 1. The van der Waals surface area contributed by atoms with Crippen LogP contribution in [0.3, 0.4) is 0 Å². The summed E-state index contributed by atoms with van der Waals surface area (Å²) in [6.07, 6.45) is 2.06. The van der Waals surface area contributed by atoms with Crippen LogP contribution >= 0.6 is 0 Å². The molecule has 0 saturated carbocycles. The molecule has 7 nitrogen and oxygen atoms in total. The maximum Gasteiger partial charge on any atom is 0.238 e. The van der Waals surface area contributed by atoms with Crippen molar-refractivity contribution in [3.05, 3.63) is 124 Å². The lowest BCUT2D eigenvalue weighted by molar-refractivity contribution is -0.121. The van der Waals surface area contributed by atoms with Gasteiger partial charge in [-0.25, -0.2) is 0 Å². The summed E-state index contributed by atoms with van der Waals surface area (Å²) < 4.78 is 11.2. The quantitative estimate of drug-likeness (QED) is 0.253. The molecule has 0 unspecified atom stereocenters. The molecule has 0 aromatic heterocycles. The largest absolute Gasteiger partial charge is 0.497 e. The van der Waals surface area contributed by atoms with Crippen molar-refractivity contribution < 1.29 is 23.9 Å². The number of nitrogens with zero attached hydrogens (tertiary/aromatic N) is 1. The number of rotatable bonds is 6. The third-order valence-electron chi connectivity index (χ3n) is 9.69. The number of hydrogen-bond acceptors (Lipinski definition) is 6.